The van der Waals surface area contributed by atoms with Crippen LogP contribution < -0.4 is 5.32 Å². The molecule has 0 bridgehead atoms. The van der Waals surface area contributed by atoms with Crippen molar-refractivity contribution in [1.29, 1.82) is 0 Å². The molecular formula is C25H28N4O4S2. The minimum absolute atomic E-state index is 0.0331. The molecule has 1 N–H and O–H groups in total. The molecule has 1 aromatic carbocycles. The molecule has 3 aromatic rings. The van der Waals surface area contributed by atoms with E-state index in [2.05, 4.69) is 27.6 Å². The van der Waals surface area contributed by atoms with Crippen LogP contribution >= 0.6 is 11.3 Å². The second-order valence-electron chi connectivity index (χ2n) is 9.72. The van der Waals surface area contributed by atoms with E-state index in [0.717, 1.165) is 32.1 Å². The van der Waals surface area contributed by atoms with Crippen LogP contribution in [0.15, 0.2) is 44.4 Å². The van der Waals surface area contributed by atoms with Crippen molar-refractivity contribution in [2.24, 2.45) is 5.92 Å². The van der Waals surface area contributed by atoms with Gasteiger partial charge < -0.3 is 9.84 Å². The number of fused-ring (bicyclic) bond motifs is 1. The maximum absolute atomic E-state index is 13.3. The summed E-state index contributed by atoms with van der Waals surface area (Å²) in [6, 6.07) is 9.98. The molecule has 1 amide bonds. The largest absolute Gasteiger partial charge is 0.349 e. The fourth-order valence-corrected chi connectivity index (χ4v) is 7.88. The summed E-state index contributed by atoms with van der Waals surface area (Å²) < 4.78 is 33.6. The molecule has 2 fully saturated rings. The quantitative estimate of drug-likeness (QED) is 0.529. The second kappa shape index (κ2) is 9.15. The zero-order valence-corrected chi connectivity index (χ0v) is 21.0. The first kappa shape index (κ1) is 22.9. The van der Waals surface area contributed by atoms with Crippen LogP contribution in [0.2, 0.25) is 0 Å². The lowest BCUT2D eigenvalue weighted by Crippen LogP contribution is -2.43. The van der Waals surface area contributed by atoms with Gasteiger partial charge in [0.1, 0.15) is 4.21 Å². The predicted molar refractivity (Wildman–Crippen MR) is 131 cm³/mol. The van der Waals surface area contributed by atoms with Crippen molar-refractivity contribution in [3.05, 3.63) is 52.7 Å². The molecule has 1 saturated carbocycles. The Kier molecular flexibility index (Phi) is 5.98. The van der Waals surface area contributed by atoms with Crippen molar-refractivity contribution in [1.82, 2.24) is 19.8 Å². The van der Waals surface area contributed by atoms with Gasteiger partial charge in [0, 0.05) is 35.9 Å². The smallest absolute Gasteiger partial charge is 0.252 e. The molecule has 6 rings (SSSR count). The van der Waals surface area contributed by atoms with Gasteiger partial charge in [0.15, 0.2) is 0 Å². The standard InChI is InChI=1S/C25H28N4O4S2/c30-24(26-21-7-3-5-16-4-1-2-6-20(16)21)17-10-12-29(13-11-17)35(31,32)22-14-19(15-34-22)23-27-25(33-28-23)18-8-9-18/h1-2,4,6,14-15,17-18,21H,3,5,7-13H2,(H,26,30)/t21-/m1/s1. The fraction of sp³-hybridized carbons (Fsp3) is 0.480. The van der Waals surface area contributed by atoms with E-state index in [0.29, 0.717) is 49.1 Å². The summed E-state index contributed by atoms with van der Waals surface area (Å²) in [6.45, 7) is 0.673. The van der Waals surface area contributed by atoms with Crippen molar-refractivity contribution in [2.75, 3.05) is 13.1 Å². The number of carbonyl (C=O) groups is 1. The lowest BCUT2D eigenvalue weighted by atomic mass is 9.87. The molecule has 0 radical (unpaired) electrons. The molecule has 1 saturated heterocycles. The first-order chi connectivity index (χ1) is 17.0. The Hall–Kier alpha value is -2.56. The number of thiophene rings is 1. The van der Waals surface area contributed by atoms with Gasteiger partial charge in [0.25, 0.3) is 10.0 Å². The third kappa shape index (κ3) is 4.54. The minimum Gasteiger partial charge on any atom is -0.349 e. The van der Waals surface area contributed by atoms with Crippen molar-refractivity contribution < 1.29 is 17.7 Å². The predicted octanol–water partition coefficient (Wildman–Crippen LogP) is 4.27. The zero-order chi connectivity index (χ0) is 24.0. The third-order valence-electron chi connectivity index (χ3n) is 7.31. The van der Waals surface area contributed by atoms with Gasteiger partial charge in [-0.05, 0) is 62.1 Å². The van der Waals surface area contributed by atoms with Gasteiger partial charge in [0.05, 0.1) is 6.04 Å². The Morgan fingerprint density at radius 2 is 1.91 bits per heavy atom. The SMILES string of the molecule is O=C(N[C@@H]1CCCc2ccccc21)C1CCN(S(=O)(=O)c2cc(-c3noc(C4CC4)n3)cs2)CC1. The summed E-state index contributed by atoms with van der Waals surface area (Å²) in [7, 11) is -3.63. The molecule has 10 heteroatoms. The molecule has 1 aliphatic heterocycles. The Labute approximate surface area is 208 Å². The van der Waals surface area contributed by atoms with Crippen molar-refractivity contribution in [3.63, 3.8) is 0 Å². The van der Waals surface area contributed by atoms with Crippen LogP contribution in [0, 0.1) is 5.92 Å². The summed E-state index contributed by atoms with van der Waals surface area (Å²) in [4.78, 5) is 17.4. The topological polar surface area (TPSA) is 105 Å². The monoisotopic (exact) mass is 512 g/mol. The third-order valence-corrected chi connectivity index (χ3v) is 10.6. The Balaban J connectivity index is 1.08. The van der Waals surface area contributed by atoms with Crippen LogP contribution in [0.5, 0.6) is 0 Å². The number of nitrogens with one attached hydrogen (secondary N) is 1. The van der Waals surface area contributed by atoms with Gasteiger partial charge in [-0.3, -0.25) is 4.79 Å². The van der Waals surface area contributed by atoms with E-state index in [1.54, 1.807) is 11.4 Å². The number of hydrogen-bond donors (Lipinski definition) is 1. The van der Waals surface area contributed by atoms with Crippen molar-refractivity contribution in [2.45, 2.75) is 61.1 Å². The van der Waals surface area contributed by atoms with Gasteiger partial charge in [-0.15, -0.1) is 11.3 Å². The maximum atomic E-state index is 13.3. The fourth-order valence-electron chi connectivity index (χ4n) is 5.10. The lowest BCUT2D eigenvalue weighted by molar-refractivity contribution is -0.127. The average molecular weight is 513 g/mol. The highest BCUT2D eigenvalue weighted by Crippen LogP contribution is 2.40. The number of amides is 1. The molecule has 0 spiro atoms. The summed E-state index contributed by atoms with van der Waals surface area (Å²) in [5, 5.41) is 9.01. The number of aryl methyl sites for hydroxylation is 1. The number of carbonyl (C=O) groups excluding carboxylic acids is 1. The molecule has 184 valence electrons. The number of piperidine rings is 1. The van der Waals surface area contributed by atoms with E-state index in [1.165, 1.54) is 26.8 Å². The number of nitrogens with zero attached hydrogens (tertiary/aromatic N) is 3. The Morgan fingerprint density at radius 3 is 2.71 bits per heavy atom. The van der Waals surface area contributed by atoms with E-state index in [1.807, 2.05) is 12.1 Å². The van der Waals surface area contributed by atoms with Gasteiger partial charge >= 0.3 is 0 Å². The molecular weight excluding hydrogens is 484 g/mol. The normalized spacial score (nSPS) is 21.5. The summed E-state index contributed by atoms with van der Waals surface area (Å²) in [5.74, 6) is 1.28. The second-order valence-corrected chi connectivity index (χ2v) is 12.8. The number of rotatable bonds is 6. The van der Waals surface area contributed by atoms with E-state index in [9.17, 15) is 13.2 Å². The van der Waals surface area contributed by atoms with Crippen LogP contribution in [0.4, 0.5) is 0 Å². The number of aromatic nitrogens is 2. The molecule has 2 aromatic heterocycles. The van der Waals surface area contributed by atoms with Crippen LogP contribution in [-0.4, -0.2) is 41.9 Å². The van der Waals surface area contributed by atoms with Crippen LogP contribution in [0.3, 0.4) is 0 Å². The zero-order valence-electron chi connectivity index (χ0n) is 19.4. The molecule has 3 aliphatic rings. The number of sulfonamides is 1. The van der Waals surface area contributed by atoms with Crippen molar-refractivity contribution in [3.8, 4) is 11.4 Å². The molecule has 2 aliphatic carbocycles. The minimum atomic E-state index is -3.63. The van der Waals surface area contributed by atoms with Gasteiger partial charge in [-0.2, -0.15) is 9.29 Å². The molecule has 35 heavy (non-hydrogen) atoms. The van der Waals surface area contributed by atoms with Gasteiger partial charge in [-0.1, -0.05) is 29.4 Å². The first-order valence-electron chi connectivity index (χ1n) is 12.3. The summed E-state index contributed by atoms with van der Waals surface area (Å²) in [6.07, 6.45) is 6.23. The Morgan fingerprint density at radius 1 is 1.11 bits per heavy atom. The Bertz CT molecular complexity index is 1340. The molecule has 0 unspecified atom stereocenters. The van der Waals surface area contributed by atoms with Gasteiger partial charge in [-0.25, -0.2) is 8.42 Å². The van der Waals surface area contributed by atoms with Gasteiger partial charge in [0.2, 0.25) is 17.6 Å². The molecule has 8 nitrogen and oxygen atoms in total. The highest BCUT2D eigenvalue weighted by Gasteiger charge is 2.35. The molecule has 1 atom stereocenters. The van der Waals surface area contributed by atoms with Crippen molar-refractivity contribution >= 4 is 27.3 Å². The average Bonchev–Trinajstić information content (AvgIpc) is 3.39. The summed E-state index contributed by atoms with van der Waals surface area (Å²) >= 11 is 1.17. The van der Waals surface area contributed by atoms with E-state index in [4.69, 9.17) is 4.52 Å². The first-order valence-corrected chi connectivity index (χ1v) is 14.6. The highest BCUT2D eigenvalue weighted by atomic mass is 32.2. The van der Waals surface area contributed by atoms with Crippen LogP contribution in [0.25, 0.3) is 11.4 Å². The van der Waals surface area contributed by atoms with Crippen LogP contribution in [0.1, 0.15) is 67.5 Å². The van der Waals surface area contributed by atoms with Crippen LogP contribution in [-0.2, 0) is 21.2 Å². The maximum Gasteiger partial charge on any atom is 0.252 e. The molecule has 3 heterocycles. The van der Waals surface area contributed by atoms with E-state index < -0.39 is 10.0 Å². The lowest BCUT2D eigenvalue weighted by Gasteiger charge is -2.32. The number of benzene rings is 1. The highest BCUT2D eigenvalue weighted by molar-refractivity contribution is 7.91. The number of hydrogen-bond acceptors (Lipinski definition) is 7. The summed E-state index contributed by atoms with van der Waals surface area (Å²) in [5.41, 5.74) is 3.18. The van der Waals surface area contributed by atoms with E-state index in [-0.39, 0.29) is 22.1 Å². The van der Waals surface area contributed by atoms with E-state index >= 15 is 0 Å².